The van der Waals surface area contributed by atoms with E-state index in [0.717, 1.165) is 0 Å². The van der Waals surface area contributed by atoms with Crippen LogP contribution >= 0.6 is 11.3 Å². The lowest BCUT2D eigenvalue weighted by Crippen LogP contribution is -2.31. The second-order valence-corrected chi connectivity index (χ2v) is 5.75. The molecular formula is C15H17N3O5S. The Hall–Kier alpha value is -2.68. The average Bonchev–Trinajstić information content (AvgIpc) is 3.18. The Balaban J connectivity index is 1.69. The molecule has 1 atom stereocenters. The smallest absolute Gasteiger partial charge is 0.308 e. The van der Waals surface area contributed by atoms with E-state index in [-0.39, 0.29) is 24.8 Å². The molecule has 0 aliphatic carbocycles. The molecule has 0 saturated carbocycles. The van der Waals surface area contributed by atoms with Gasteiger partial charge in [-0.15, -0.1) is 0 Å². The van der Waals surface area contributed by atoms with E-state index in [0.29, 0.717) is 11.3 Å². The Labute approximate surface area is 142 Å². The molecule has 2 heterocycles. The molecule has 9 heteroatoms. The minimum Gasteiger partial charge on any atom is -0.452 e. The van der Waals surface area contributed by atoms with Crippen LogP contribution in [0.2, 0.25) is 0 Å². The zero-order valence-electron chi connectivity index (χ0n) is 13.2. The van der Waals surface area contributed by atoms with Gasteiger partial charge in [0.2, 0.25) is 5.88 Å². The van der Waals surface area contributed by atoms with Crippen LogP contribution in [-0.4, -0.2) is 35.6 Å². The standard InChI is InChI=1S/C15H17N3O5S/c1-9-7-12(23-18-9)17-14(20)10(2)22-13(19)3-5-16-15(21)11-4-6-24-8-11/h4,6-8,10H,3,5H2,1-2H3,(H,16,21)(H,17,20). The van der Waals surface area contributed by atoms with Crippen molar-refractivity contribution in [2.45, 2.75) is 26.4 Å². The maximum Gasteiger partial charge on any atom is 0.308 e. The molecule has 0 bridgehead atoms. The number of carbonyl (C=O) groups excluding carboxylic acids is 3. The Kier molecular flexibility index (Phi) is 6.07. The molecule has 2 N–H and O–H groups in total. The molecule has 0 saturated heterocycles. The fourth-order valence-electron chi connectivity index (χ4n) is 1.73. The highest BCUT2D eigenvalue weighted by molar-refractivity contribution is 7.08. The summed E-state index contributed by atoms with van der Waals surface area (Å²) < 4.78 is 9.85. The zero-order valence-corrected chi connectivity index (χ0v) is 14.0. The fraction of sp³-hybridized carbons (Fsp3) is 0.333. The van der Waals surface area contributed by atoms with Gasteiger partial charge in [-0.1, -0.05) is 5.16 Å². The third-order valence-electron chi connectivity index (χ3n) is 2.95. The number of thiophene rings is 1. The Bertz CT molecular complexity index is 711. The SMILES string of the molecule is Cc1cc(NC(=O)C(C)OC(=O)CCNC(=O)c2ccsc2)on1. The van der Waals surface area contributed by atoms with Gasteiger partial charge in [-0.05, 0) is 25.3 Å². The fourth-order valence-corrected chi connectivity index (χ4v) is 2.36. The number of aryl methyl sites for hydroxylation is 1. The van der Waals surface area contributed by atoms with Crippen molar-refractivity contribution in [3.8, 4) is 0 Å². The van der Waals surface area contributed by atoms with Gasteiger partial charge >= 0.3 is 5.97 Å². The molecule has 0 fully saturated rings. The van der Waals surface area contributed by atoms with Gasteiger partial charge in [0.25, 0.3) is 11.8 Å². The van der Waals surface area contributed by atoms with E-state index in [1.54, 1.807) is 29.8 Å². The summed E-state index contributed by atoms with van der Waals surface area (Å²) in [5.41, 5.74) is 1.17. The van der Waals surface area contributed by atoms with Gasteiger partial charge in [0.05, 0.1) is 12.1 Å². The molecule has 24 heavy (non-hydrogen) atoms. The lowest BCUT2D eigenvalue weighted by atomic mass is 10.3. The zero-order chi connectivity index (χ0) is 17.5. The molecule has 2 aromatic heterocycles. The van der Waals surface area contributed by atoms with E-state index in [4.69, 9.17) is 9.26 Å². The van der Waals surface area contributed by atoms with Crippen molar-refractivity contribution in [3.05, 3.63) is 34.2 Å². The summed E-state index contributed by atoms with van der Waals surface area (Å²) in [7, 11) is 0. The summed E-state index contributed by atoms with van der Waals surface area (Å²) in [6.45, 7) is 3.29. The minimum absolute atomic E-state index is 0.0328. The number of rotatable bonds is 7. The molecule has 0 aliphatic heterocycles. The predicted molar refractivity (Wildman–Crippen MR) is 86.7 cm³/mol. The van der Waals surface area contributed by atoms with E-state index < -0.39 is 18.0 Å². The molecule has 1 unspecified atom stereocenters. The first-order valence-corrected chi connectivity index (χ1v) is 8.14. The van der Waals surface area contributed by atoms with Gasteiger partial charge in [0.15, 0.2) is 6.10 Å². The number of carbonyl (C=O) groups is 3. The number of hydrogen-bond donors (Lipinski definition) is 2. The lowest BCUT2D eigenvalue weighted by Gasteiger charge is -2.12. The largest absolute Gasteiger partial charge is 0.452 e. The molecule has 0 radical (unpaired) electrons. The number of aromatic nitrogens is 1. The van der Waals surface area contributed by atoms with Crippen molar-refractivity contribution in [1.29, 1.82) is 0 Å². The van der Waals surface area contributed by atoms with Crippen molar-refractivity contribution < 1.29 is 23.6 Å². The number of nitrogens with one attached hydrogen (secondary N) is 2. The molecule has 128 valence electrons. The van der Waals surface area contributed by atoms with E-state index in [1.165, 1.54) is 18.3 Å². The number of esters is 1. The van der Waals surface area contributed by atoms with Gasteiger partial charge in [-0.2, -0.15) is 11.3 Å². The van der Waals surface area contributed by atoms with Crippen LogP contribution in [-0.2, 0) is 14.3 Å². The number of ether oxygens (including phenoxy) is 1. The highest BCUT2D eigenvalue weighted by atomic mass is 32.1. The van der Waals surface area contributed by atoms with E-state index in [2.05, 4.69) is 15.8 Å². The van der Waals surface area contributed by atoms with Crippen LogP contribution in [0.3, 0.4) is 0 Å². The van der Waals surface area contributed by atoms with Gasteiger partial charge in [-0.25, -0.2) is 0 Å². The van der Waals surface area contributed by atoms with Gasteiger partial charge in [0, 0.05) is 23.6 Å². The number of anilines is 1. The molecule has 8 nitrogen and oxygen atoms in total. The quantitative estimate of drug-likeness (QED) is 0.735. The maximum absolute atomic E-state index is 11.8. The monoisotopic (exact) mass is 351 g/mol. The Morgan fingerprint density at radius 1 is 1.42 bits per heavy atom. The topological polar surface area (TPSA) is 111 Å². The van der Waals surface area contributed by atoms with Crippen LogP contribution in [0.4, 0.5) is 5.88 Å². The molecular weight excluding hydrogens is 334 g/mol. The predicted octanol–water partition coefficient (Wildman–Crippen LogP) is 1.73. The second-order valence-electron chi connectivity index (χ2n) is 4.97. The first kappa shape index (κ1) is 17.7. The van der Waals surface area contributed by atoms with Crippen molar-refractivity contribution in [1.82, 2.24) is 10.5 Å². The van der Waals surface area contributed by atoms with E-state index >= 15 is 0 Å². The minimum atomic E-state index is -0.990. The van der Waals surface area contributed by atoms with Gasteiger partial charge in [-0.3, -0.25) is 19.7 Å². The van der Waals surface area contributed by atoms with E-state index in [9.17, 15) is 14.4 Å². The van der Waals surface area contributed by atoms with Crippen molar-refractivity contribution in [3.63, 3.8) is 0 Å². The maximum atomic E-state index is 11.8. The number of nitrogens with zero attached hydrogens (tertiary/aromatic N) is 1. The molecule has 2 rings (SSSR count). The van der Waals surface area contributed by atoms with Crippen LogP contribution in [0, 0.1) is 6.92 Å². The summed E-state index contributed by atoms with van der Waals surface area (Å²) in [5, 5.41) is 12.2. The van der Waals surface area contributed by atoms with Gasteiger partial charge in [0.1, 0.15) is 0 Å². The molecule has 0 aromatic carbocycles. The normalized spacial score (nSPS) is 11.6. The summed E-state index contributed by atoms with van der Waals surface area (Å²) in [4.78, 5) is 35.2. The third kappa shape index (κ3) is 5.20. The number of amides is 2. The van der Waals surface area contributed by atoms with Crippen molar-refractivity contribution >= 4 is 35.0 Å². The summed E-state index contributed by atoms with van der Waals surface area (Å²) in [6, 6.07) is 3.24. The second kappa shape index (κ2) is 8.25. The highest BCUT2D eigenvalue weighted by Gasteiger charge is 2.19. The van der Waals surface area contributed by atoms with Crippen molar-refractivity contribution in [2.24, 2.45) is 0 Å². The van der Waals surface area contributed by atoms with Gasteiger partial charge < -0.3 is 14.6 Å². The first-order chi connectivity index (χ1) is 11.5. The summed E-state index contributed by atoms with van der Waals surface area (Å²) in [6.07, 6.45) is -1.02. The van der Waals surface area contributed by atoms with Crippen LogP contribution in [0.15, 0.2) is 27.4 Å². The molecule has 2 amide bonds. The van der Waals surface area contributed by atoms with Crippen LogP contribution in [0.25, 0.3) is 0 Å². The summed E-state index contributed by atoms with van der Waals surface area (Å²) in [5.74, 6) is -1.18. The molecule has 0 aliphatic rings. The average molecular weight is 351 g/mol. The lowest BCUT2D eigenvalue weighted by molar-refractivity contribution is -0.153. The third-order valence-corrected chi connectivity index (χ3v) is 3.63. The van der Waals surface area contributed by atoms with E-state index in [1.807, 2.05) is 0 Å². The van der Waals surface area contributed by atoms with Crippen LogP contribution in [0.5, 0.6) is 0 Å². The van der Waals surface area contributed by atoms with Crippen LogP contribution in [0.1, 0.15) is 29.4 Å². The summed E-state index contributed by atoms with van der Waals surface area (Å²) >= 11 is 1.41. The Morgan fingerprint density at radius 2 is 2.21 bits per heavy atom. The molecule has 2 aromatic rings. The molecule has 0 spiro atoms. The highest BCUT2D eigenvalue weighted by Crippen LogP contribution is 2.09. The first-order valence-electron chi connectivity index (χ1n) is 7.20. The Morgan fingerprint density at radius 3 is 2.83 bits per heavy atom. The van der Waals surface area contributed by atoms with Crippen LogP contribution < -0.4 is 10.6 Å². The number of hydrogen-bond acceptors (Lipinski definition) is 7. The van der Waals surface area contributed by atoms with Crippen molar-refractivity contribution in [2.75, 3.05) is 11.9 Å².